The number of hydrazone groups is 1. The van der Waals surface area contributed by atoms with Crippen molar-refractivity contribution in [3.8, 4) is 0 Å². The Morgan fingerprint density at radius 2 is 2.29 bits per heavy atom. The van der Waals surface area contributed by atoms with Gasteiger partial charge in [-0.25, -0.2) is 5.43 Å². The molecule has 0 spiro atoms. The zero-order valence-corrected chi connectivity index (χ0v) is 10.5. The summed E-state index contributed by atoms with van der Waals surface area (Å²) < 4.78 is 5.62. The lowest BCUT2D eigenvalue weighted by Crippen LogP contribution is -2.18. The van der Waals surface area contributed by atoms with Crippen molar-refractivity contribution in [1.29, 1.82) is 0 Å². The fourth-order valence-electron chi connectivity index (χ4n) is 1.16. The molecule has 4 nitrogen and oxygen atoms in total. The highest BCUT2D eigenvalue weighted by molar-refractivity contribution is 7.18. The molecule has 6 heteroatoms. The predicted octanol–water partition coefficient (Wildman–Crippen LogP) is 3.15. The van der Waals surface area contributed by atoms with Gasteiger partial charge < -0.3 is 4.42 Å². The number of hydrogen-bond acceptors (Lipinski definition) is 4. The maximum absolute atomic E-state index is 11.5. The van der Waals surface area contributed by atoms with Crippen LogP contribution < -0.4 is 5.43 Å². The highest BCUT2D eigenvalue weighted by Crippen LogP contribution is 2.21. The molecule has 0 aromatic carbocycles. The highest BCUT2D eigenvalue weighted by atomic mass is 35.5. The Morgan fingerprint density at radius 3 is 2.88 bits per heavy atom. The Balaban J connectivity index is 2.04. The van der Waals surface area contributed by atoms with Crippen molar-refractivity contribution in [3.63, 3.8) is 0 Å². The third-order valence-electron chi connectivity index (χ3n) is 2.00. The Labute approximate surface area is 107 Å². The summed E-state index contributed by atoms with van der Waals surface area (Å²) in [5, 5.41) is 3.97. The summed E-state index contributed by atoms with van der Waals surface area (Å²) in [6, 6.07) is 6.85. The smallest absolute Gasteiger partial charge is 0.307 e. The van der Waals surface area contributed by atoms with Crippen LogP contribution in [0.15, 0.2) is 40.0 Å². The van der Waals surface area contributed by atoms with Gasteiger partial charge in [0.05, 0.1) is 21.2 Å². The number of nitrogens with one attached hydrogen (secondary N) is 1. The van der Waals surface area contributed by atoms with E-state index in [1.807, 2.05) is 6.07 Å². The first-order chi connectivity index (χ1) is 8.16. The molecule has 0 atom stereocenters. The van der Waals surface area contributed by atoms with Crippen molar-refractivity contribution < 1.29 is 9.21 Å². The zero-order valence-electron chi connectivity index (χ0n) is 8.94. The van der Waals surface area contributed by atoms with E-state index >= 15 is 0 Å². The molecule has 1 amide bonds. The number of carbonyl (C=O) groups excluding carboxylic acids is 1. The maximum atomic E-state index is 11.5. The van der Waals surface area contributed by atoms with Crippen LogP contribution in [0.5, 0.6) is 0 Å². The molecule has 17 heavy (non-hydrogen) atoms. The molecule has 2 heterocycles. The van der Waals surface area contributed by atoms with Gasteiger partial charge in [0.15, 0.2) is 5.76 Å². The monoisotopic (exact) mass is 268 g/mol. The van der Waals surface area contributed by atoms with Gasteiger partial charge in [-0.3, -0.25) is 4.79 Å². The normalized spacial score (nSPS) is 11.5. The SMILES string of the molecule is CC(=NNC(=O)c1ccco1)c1ccc(Cl)s1. The summed E-state index contributed by atoms with van der Waals surface area (Å²) in [6.45, 7) is 1.80. The first-order valence-corrected chi connectivity index (χ1v) is 6.00. The van der Waals surface area contributed by atoms with Crippen molar-refractivity contribution in [2.75, 3.05) is 0 Å². The van der Waals surface area contributed by atoms with Crippen molar-refractivity contribution in [1.82, 2.24) is 5.43 Å². The van der Waals surface area contributed by atoms with Crippen LogP contribution in [0.1, 0.15) is 22.4 Å². The van der Waals surface area contributed by atoms with Crippen molar-refractivity contribution in [3.05, 3.63) is 45.5 Å². The van der Waals surface area contributed by atoms with Crippen LogP contribution in [-0.2, 0) is 0 Å². The molecule has 0 unspecified atom stereocenters. The van der Waals surface area contributed by atoms with Gasteiger partial charge in [0.2, 0.25) is 0 Å². The van der Waals surface area contributed by atoms with Gasteiger partial charge in [0.25, 0.3) is 0 Å². The topological polar surface area (TPSA) is 54.6 Å². The molecule has 88 valence electrons. The largest absolute Gasteiger partial charge is 0.459 e. The minimum absolute atomic E-state index is 0.228. The number of rotatable bonds is 3. The first-order valence-electron chi connectivity index (χ1n) is 4.80. The quantitative estimate of drug-likeness (QED) is 0.687. The number of amides is 1. The van der Waals surface area contributed by atoms with E-state index in [1.54, 1.807) is 25.1 Å². The summed E-state index contributed by atoms with van der Waals surface area (Å²) in [7, 11) is 0. The average Bonchev–Trinajstić information content (AvgIpc) is 2.95. The number of hydrogen-bond donors (Lipinski definition) is 1. The van der Waals surface area contributed by atoms with Crippen LogP contribution in [0.3, 0.4) is 0 Å². The molecule has 0 fully saturated rings. The molecular formula is C11H9ClN2O2S. The molecule has 2 rings (SSSR count). The predicted molar refractivity (Wildman–Crippen MR) is 67.7 cm³/mol. The van der Waals surface area contributed by atoms with Gasteiger partial charge in [0, 0.05) is 0 Å². The Morgan fingerprint density at radius 1 is 1.47 bits per heavy atom. The van der Waals surface area contributed by atoms with Gasteiger partial charge >= 0.3 is 5.91 Å². The Hall–Kier alpha value is -1.59. The summed E-state index contributed by atoms with van der Waals surface area (Å²) in [5.74, 6) is -0.150. The number of thiophene rings is 1. The molecule has 1 N–H and O–H groups in total. The Kier molecular flexibility index (Phi) is 3.61. The third kappa shape index (κ3) is 2.95. The first kappa shape index (κ1) is 11.9. The Bertz CT molecular complexity index is 546. The number of halogens is 1. The number of nitrogens with zero attached hydrogens (tertiary/aromatic N) is 1. The van der Waals surface area contributed by atoms with Crippen LogP contribution in [0.25, 0.3) is 0 Å². The lowest BCUT2D eigenvalue weighted by Gasteiger charge is -1.98. The fourth-order valence-corrected chi connectivity index (χ4v) is 2.15. The molecule has 0 bridgehead atoms. The van der Waals surface area contributed by atoms with Gasteiger partial charge in [-0.15, -0.1) is 11.3 Å². The van der Waals surface area contributed by atoms with Crippen molar-refractivity contribution in [2.45, 2.75) is 6.92 Å². The van der Waals surface area contributed by atoms with Crippen LogP contribution in [0.2, 0.25) is 4.34 Å². The van der Waals surface area contributed by atoms with Gasteiger partial charge in [-0.05, 0) is 31.2 Å². The van der Waals surface area contributed by atoms with Crippen LogP contribution in [0.4, 0.5) is 0 Å². The summed E-state index contributed by atoms with van der Waals surface area (Å²) in [4.78, 5) is 12.4. The third-order valence-corrected chi connectivity index (χ3v) is 3.34. The minimum Gasteiger partial charge on any atom is -0.459 e. The molecular weight excluding hydrogens is 260 g/mol. The molecule has 0 radical (unpaired) electrons. The van der Waals surface area contributed by atoms with Crippen LogP contribution >= 0.6 is 22.9 Å². The van der Waals surface area contributed by atoms with E-state index in [9.17, 15) is 4.79 Å². The van der Waals surface area contributed by atoms with E-state index in [2.05, 4.69) is 10.5 Å². The number of furan rings is 1. The van der Waals surface area contributed by atoms with E-state index in [0.29, 0.717) is 10.0 Å². The average molecular weight is 269 g/mol. The summed E-state index contributed by atoms with van der Waals surface area (Å²) in [6.07, 6.45) is 1.44. The maximum Gasteiger partial charge on any atom is 0.307 e. The fraction of sp³-hybridized carbons (Fsp3) is 0.0909. The van der Waals surface area contributed by atoms with Gasteiger partial charge in [0.1, 0.15) is 0 Å². The molecule has 0 saturated heterocycles. The highest BCUT2D eigenvalue weighted by Gasteiger charge is 2.07. The molecule has 2 aromatic rings. The summed E-state index contributed by atoms with van der Waals surface area (Å²) >= 11 is 7.21. The van der Waals surface area contributed by atoms with E-state index < -0.39 is 0 Å². The van der Waals surface area contributed by atoms with Crippen LogP contribution in [-0.4, -0.2) is 11.6 Å². The molecule has 0 saturated carbocycles. The summed E-state index contributed by atoms with van der Waals surface area (Å²) in [5.41, 5.74) is 3.11. The second kappa shape index (κ2) is 5.16. The van der Waals surface area contributed by atoms with Crippen molar-refractivity contribution in [2.24, 2.45) is 5.10 Å². The second-order valence-corrected chi connectivity index (χ2v) is 4.93. The lowest BCUT2D eigenvalue weighted by molar-refractivity contribution is 0.0927. The van der Waals surface area contributed by atoms with E-state index in [0.717, 1.165) is 4.88 Å². The minimum atomic E-state index is -0.378. The lowest BCUT2D eigenvalue weighted by atomic mass is 10.3. The van der Waals surface area contributed by atoms with Gasteiger partial charge in [-0.2, -0.15) is 5.10 Å². The number of carbonyl (C=O) groups is 1. The molecule has 0 aliphatic carbocycles. The second-order valence-electron chi connectivity index (χ2n) is 3.22. The molecule has 0 aliphatic heterocycles. The zero-order chi connectivity index (χ0) is 12.3. The van der Waals surface area contributed by atoms with Gasteiger partial charge in [-0.1, -0.05) is 11.6 Å². The van der Waals surface area contributed by atoms with E-state index in [4.69, 9.17) is 16.0 Å². The van der Waals surface area contributed by atoms with Crippen LogP contribution in [0, 0.1) is 0 Å². The molecule has 2 aromatic heterocycles. The standard InChI is InChI=1S/C11H9ClN2O2S/c1-7(9-4-5-10(12)17-9)13-14-11(15)8-3-2-6-16-8/h2-6H,1H3,(H,14,15). The van der Waals surface area contributed by atoms with E-state index in [1.165, 1.54) is 17.6 Å². The van der Waals surface area contributed by atoms with Crippen molar-refractivity contribution >= 4 is 34.6 Å². The van der Waals surface area contributed by atoms with E-state index in [-0.39, 0.29) is 11.7 Å². The molecule has 0 aliphatic rings.